The van der Waals surface area contributed by atoms with Crippen molar-refractivity contribution in [2.24, 2.45) is 0 Å². The van der Waals surface area contributed by atoms with Crippen LogP contribution >= 0.6 is 11.6 Å². The molecular weight excluding hydrogens is 392 g/mol. The number of urea groups is 1. The van der Waals surface area contributed by atoms with Gasteiger partial charge in [-0.05, 0) is 44.4 Å². The maximum Gasteiger partial charge on any atom is 0.319 e. The smallest absolute Gasteiger partial charge is 0.319 e. The minimum atomic E-state index is -3.21. The summed E-state index contributed by atoms with van der Waals surface area (Å²) in [6.45, 7) is 2.23. The number of hydrogen-bond donors (Lipinski definition) is 3. The van der Waals surface area contributed by atoms with Gasteiger partial charge in [-0.3, -0.25) is 4.79 Å². The molecule has 1 fully saturated rings. The van der Waals surface area contributed by atoms with Gasteiger partial charge in [0.15, 0.2) is 0 Å². The Morgan fingerprint density at radius 1 is 1.30 bits per heavy atom. The molecule has 0 heterocycles. The monoisotopic (exact) mass is 416 g/mol. The van der Waals surface area contributed by atoms with Crippen LogP contribution in [0.2, 0.25) is 5.02 Å². The maximum absolute atomic E-state index is 12.2. The lowest BCUT2D eigenvalue weighted by Gasteiger charge is -2.16. The molecule has 27 heavy (non-hydrogen) atoms. The highest BCUT2D eigenvalue weighted by Gasteiger charge is 2.25. The van der Waals surface area contributed by atoms with Crippen molar-refractivity contribution in [3.05, 3.63) is 28.8 Å². The van der Waals surface area contributed by atoms with Crippen molar-refractivity contribution >= 4 is 39.2 Å². The number of hydrogen-bond acceptors (Lipinski definition) is 4. The van der Waals surface area contributed by atoms with Crippen molar-refractivity contribution in [2.75, 3.05) is 31.2 Å². The molecule has 0 unspecified atom stereocenters. The van der Waals surface area contributed by atoms with Gasteiger partial charge in [0.1, 0.15) is 0 Å². The number of amides is 3. The first-order valence-electron chi connectivity index (χ1n) is 8.82. The fraction of sp³-hybridized carbons (Fsp3) is 0.529. The van der Waals surface area contributed by atoms with Crippen LogP contribution in [0.4, 0.5) is 10.5 Å². The fourth-order valence-electron chi connectivity index (χ4n) is 2.31. The summed E-state index contributed by atoms with van der Waals surface area (Å²) in [4.78, 5) is 24.1. The molecule has 2 rings (SSSR count). The zero-order chi connectivity index (χ0) is 20.0. The van der Waals surface area contributed by atoms with Crippen molar-refractivity contribution in [1.29, 1.82) is 0 Å². The molecule has 10 heteroatoms. The highest BCUT2D eigenvalue weighted by atomic mass is 35.5. The Morgan fingerprint density at radius 3 is 2.63 bits per heavy atom. The molecule has 0 saturated heterocycles. The summed E-state index contributed by atoms with van der Waals surface area (Å²) < 4.78 is 24.5. The van der Waals surface area contributed by atoms with Crippen LogP contribution in [0.25, 0.3) is 0 Å². The molecule has 0 aliphatic heterocycles. The van der Waals surface area contributed by atoms with E-state index in [2.05, 4.69) is 16.0 Å². The molecule has 0 bridgehead atoms. The Hall–Kier alpha value is -1.84. The van der Waals surface area contributed by atoms with Gasteiger partial charge in [-0.15, -0.1) is 0 Å². The SMILES string of the molecule is CCS(=O)(=O)N(C)CCCNC(=O)Nc1ccc(Cl)c(C(=O)NC2CC2)c1. The average molecular weight is 417 g/mol. The summed E-state index contributed by atoms with van der Waals surface area (Å²) in [5.74, 6) is -0.211. The van der Waals surface area contributed by atoms with E-state index in [4.69, 9.17) is 11.6 Å². The summed E-state index contributed by atoms with van der Waals surface area (Å²) in [7, 11) is -1.70. The fourth-order valence-corrected chi connectivity index (χ4v) is 3.36. The van der Waals surface area contributed by atoms with Crippen LogP contribution in [0.1, 0.15) is 36.5 Å². The molecular formula is C17H25ClN4O4S. The van der Waals surface area contributed by atoms with E-state index in [0.29, 0.717) is 35.8 Å². The Balaban J connectivity index is 1.80. The lowest BCUT2D eigenvalue weighted by Crippen LogP contribution is -2.34. The van der Waals surface area contributed by atoms with Crippen LogP contribution in [-0.4, -0.2) is 56.6 Å². The lowest BCUT2D eigenvalue weighted by molar-refractivity contribution is 0.0951. The second kappa shape index (κ2) is 9.38. The van der Waals surface area contributed by atoms with E-state index in [1.165, 1.54) is 17.4 Å². The number of nitrogens with one attached hydrogen (secondary N) is 3. The summed E-state index contributed by atoms with van der Waals surface area (Å²) >= 11 is 6.07. The first-order chi connectivity index (χ1) is 12.7. The highest BCUT2D eigenvalue weighted by Crippen LogP contribution is 2.23. The van der Waals surface area contributed by atoms with E-state index in [0.717, 1.165) is 12.8 Å². The number of rotatable bonds is 9. The minimum Gasteiger partial charge on any atom is -0.349 e. The minimum absolute atomic E-state index is 0.0463. The van der Waals surface area contributed by atoms with Crippen LogP contribution in [-0.2, 0) is 10.0 Å². The molecule has 1 aromatic rings. The number of anilines is 1. The van der Waals surface area contributed by atoms with Crippen LogP contribution < -0.4 is 16.0 Å². The van der Waals surface area contributed by atoms with Crippen LogP contribution in [0.15, 0.2) is 18.2 Å². The third kappa shape index (κ3) is 6.67. The number of sulfonamides is 1. The molecule has 1 aliphatic rings. The van der Waals surface area contributed by atoms with Gasteiger partial charge in [0.25, 0.3) is 5.91 Å². The van der Waals surface area contributed by atoms with E-state index in [1.807, 2.05) is 0 Å². The molecule has 1 aliphatic carbocycles. The van der Waals surface area contributed by atoms with Crippen LogP contribution in [0.3, 0.4) is 0 Å². The number of halogens is 1. The third-order valence-electron chi connectivity index (χ3n) is 4.16. The molecule has 8 nitrogen and oxygen atoms in total. The molecule has 1 saturated carbocycles. The zero-order valence-electron chi connectivity index (χ0n) is 15.4. The number of carbonyl (C=O) groups is 2. The largest absolute Gasteiger partial charge is 0.349 e. The molecule has 3 N–H and O–H groups in total. The summed E-state index contributed by atoms with van der Waals surface area (Å²) in [6.07, 6.45) is 2.43. The van der Waals surface area contributed by atoms with Crippen molar-refractivity contribution in [3.63, 3.8) is 0 Å². The summed E-state index contributed by atoms with van der Waals surface area (Å²) in [6, 6.07) is 4.47. The Bertz CT molecular complexity index is 796. The van der Waals surface area contributed by atoms with E-state index < -0.39 is 16.1 Å². The van der Waals surface area contributed by atoms with Gasteiger partial charge in [0.05, 0.1) is 16.3 Å². The molecule has 0 aromatic heterocycles. The summed E-state index contributed by atoms with van der Waals surface area (Å²) in [5, 5.41) is 8.47. The highest BCUT2D eigenvalue weighted by molar-refractivity contribution is 7.89. The third-order valence-corrected chi connectivity index (χ3v) is 6.35. The number of benzene rings is 1. The topological polar surface area (TPSA) is 108 Å². The quantitative estimate of drug-likeness (QED) is 0.535. The standard InChI is InChI=1S/C17H25ClN4O4S/c1-3-27(25,26)22(2)10-4-9-19-17(24)21-13-7-8-15(18)14(11-13)16(23)20-12-5-6-12/h7-8,11-12H,3-6,9-10H2,1-2H3,(H,20,23)(H2,19,21,24). The van der Waals surface area contributed by atoms with Gasteiger partial charge in [0, 0.05) is 31.9 Å². The van der Waals surface area contributed by atoms with E-state index in [1.54, 1.807) is 19.1 Å². The Labute approximate surface area is 164 Å². The molecule has 0 spiro atoms. The predicted octanol–water partition coefficient (Wildman–Crippen LogP) is 2.03. The second-order valence-corrected chi connectivity index (χ2v) is 9.17. The van der Waals surface area contributed by atoms with Crippen molar-refractivity contribution in [2.45, 2.75) is 32.2 Å². The molecule has 0 radical (unpaired) electrons. The molecule has 1 aromatic carbocycles. The van der Waals surface area contributed by atoms with Gasteiger partial charge < -0.3 is 16.0 Å². The van der Waals surface area contributed by atoms with Gasteiger partial charge in [-0.2, -0.15) is 0 Å². The van der Waals surface area contributed by atoms with Gasteiger partial charge in [0.2, 0.25) is 10.0 Å². The maximum atomic E-state index is 12.2. The van der Waals surface area contributed by atoms with Crippen LogP contribution in [0, 0.1) is 0 Å². The van der Waals surface area contributed by atoms with E-state index >= 15 is 0 Å². The van der Waals surface area contributed by atoms with Crippen LogP contribution in [0.5, 0.6) is 0 Å². The molecule has 150 valence electrons. The van der Waals surface area contributed by atoms with Gasteiger partial charge in [-0.25, -0.2) is 17.5 Å². The summed E-state index contributed by atoms with van der Waals surface area (Å²) in [5.41, 5.74) is 0.760. The second-order valence-electron chi connectivity index (χ2n) is 6.40. The Kier molecular flexibility index (Phi) is 7.46. The molecule has 0 atom stereocenters. The first kappa shape index (κ1) is 21.5. The zero-order valence-corrected chi connectivity index (χ0v) is 17.0. The molecule has 3 amide bonds. The lowest BCUT2D eigenvalue weighted by atomic mass is 10.2. The number of nitrogens with zero attached hydrogens (tertiary/aromatic N) is 1. The normalized spacial score (nSPS) is 14.1. The number of carbonyl (C=O) groups excluding carboxylic acids is 2. The van der Waals surface area contributed by atoms with Gasteiger partial charge in [-0.1, -0.05) is 11.6 Å². The Morgan fingerprint density at radius 2 is 2.00 bits per heavy atom. The van der Waals surface area contributed by atoms with E-state index in [9.17, 15) is 18.0 Å². The average Bonchev–Trinajstić information content (AvgIpc) is 3.43. The van der Waals surface area contributed by atoms with Gasteiger partial charge >= 0.3 is 6.03 Å². The van der Waals surface area contributed by atoms with Crippen molar-refractivity contribution in [3.8, 4) is 0 Å². The van der Waals surface area contributed by atoms with Crippen molar-refractivity contribution in [1.82, 2.24) is 14.9 Å². The predicted molar refractivity (Wildman–Crippen MR) is 106 cm³/mol. The van der Waals surface area contributed by atoms with Crippen molar-refractivity contribution < 1.29 is 18.0 Å². The first-order valence-corrected chi connectivity index (χ1v) is 10.8. The van der Waals surface area contributed by atoms with E-state index in [-0.39, 0.29) is 17.7 Å².